The number of hydrogen-bond donors (Lipinski definition) is 3. The molecule has 0 aromatic carbocycles. The van der Waals surface area contributed by atoms with Gasteiger partial charge in [0.05, 0.1) is 26.4 Å². The lowest BCUT2D eigenvalue weighted by Gasteiger charge is -2.21. The number of aliphatic hydroxyl groups is 1. The smallest absolute Gasteiger partial charge is 0.462 e. The highest BCUT2D eigenvalue weighted by molar-refractivity contribution is 7.47. The van der Waals surface area contributed by atoms with E-state index >= 15 is 0 Å². The standard InChI is InChI=1S/C93H182O17P2/c1-8-10-11-12-13-14-15-16-17-18-19-20-21-22-27-30-36-41-46-55-62-69-76-92(97)109-88(80-103-90(95)74-67-60-53-45-40-35-29-26-24-23-25-28-33-38-43-50-57-64-71-84(3)4)82-107-111(99,100)105-78-87(94)79-106-112(101,102)108-83-89(81-104-91(96)75-68-61-54-49-48-51-58-65-72-85(5)6)110-93(98)77-70-63-56-47-42-37-32-31-34-39-44-52-59-66-73-86(7)9-2/h84-89,94H,8-83H2,1-7H3,(H,99,100)(H,101,102)/t86?,87-,88-,89-/m1/s1. The topological polar surface area (TPSA) is 237 Å². The molecule has 0 saturated heterocycles. The number of esters is 4. The maximum atomic E-state index is 13.2. The van der Waals surface area contributed by atoms with Crippen molar-refractivity contribution in [2.45, 2.75) is 516 Å². The average Bonchev–Trinajstić information content (AvgIpc) is 0.898. The third-order valence-corrected chi connectivity index (χ3v) is 24.1. The van der Waals surface area contributed by atoms with Crippen LogP contribution in [-0.2, 0) is 65.4 Å². The van der Waals surface area contributed by atoms with Gasteiger partial charge in [-0.25, -0.2) is 9.13 Å². The van der Waals surface area contributed by atoms with Gasteiger partial charge in [-0.15, -0.1) is 0 Å². The number of ether oxygens (including phenoxy) is 4. The quantitative estimate of drug-likeness (QED) is 0.0222. The van der Waals surface area contributed by atoms with Crippen LogP contribution in [0.3, 0.4) is 0 Å². The maximum Gasteiger partial charge on any atom is 0.472 e. The van der Waals surface area contributed by atoms with Crippen LogP contribution in [0.5, 0.6) is 0 Å². The Morgan fingerprint density at radius 1 is 0.259 bits per heavy atom. The van der Waals surface area contributed by atoms with E-state index in [1.54, 1.807) is 0 Å². The van der Waals surface area contributed by atoms with Crippen molar-refractivity contribution in [1.82, 2.24) is 0 Å². The Labute approximate surface area is 689 Å². The molecular formula is C93H182O17P2. The van der Waals surface area contributed by atoms with Gasteiger partial charge >= 0.3 is 39.5 Å². The van der Waals surface area contributed by atoms with Crippen molar-refractivity contribution >= 4 is 39.5 Å². The van der Waals surface area contributed by atoms with Gasteiger partial charge in [0.2, 0.25) is 0 Å². The number of phosphoric ester groups is 2. The fourth-order valence-corrected chi connectivity index (χ4v) is 16.2. The zero-order chi connectivity index (χ0) is 82.2. The molecule has 0 bridgehead atoms. The summed E-state index contributed by atoms with van der Waals surface area (Å²) < 4.78 is 69.1. The van der Waals surface area contributed by atoms with Crippen molar-refractivity contribution in [3.63, 3.8) is 0 Å². The van der Waals surface area contributed by atoms with E-state index in [1.807, 2.05) is 0 Å². The van der Waals surface area contributed by atoms with Gasteiger partial charge < -0.3 is 33.8 Å². The first kappa shape index (κ1) is 110. The van der Waals surface area contributed by atoms with Crippen LogP contribution in [0.25, 0.3) is 0 Å². The maximum absolute atomic E-state index is 13.2. The predicted octanol–water partition coefficient (Wildman–Crippen LogP) is 28.8. The number of aliphatic hydroxyl groups excluding tert-OH is 1. The minimum absolute atomic E-state index is 0.107. The largest absolute Gasteiger partial charge is 0.472 e. The number of carbonyl (C=O) groups is 4. The Hall–Kier alpha value is -1.94. The molecule has 0 heterocycles. The molecule has 19 heteroatoms. The van der Waals surface area contributed by atoms with Crippen LogP contribution in [0.1, 0.15) is 498 Å². The molecule has 0 rings (SSSR count). The highest BCUT2D eigenvalue weighted by atomic mass is 31.2. The first-order chi connectivity index (χ1) is 54.3. The normalized spacial score (nSPS) is 14.0. The summed E-state index contributed by atoms with van der Waals surface area (Å²) in [5, 5.41) is 10.7. The third-order valence-electron chi connectivity index (χ3n) is 22.2. The predicted molar refractivity (Wildman–Crippen MR) is 465 cm³/mol. The van der Waals surface area contributed by atoms with E-state index in [9.17, 15) is 43.2 Å². The molecule has 0 aliphatic heterocycles. The van der Waals surface area contributed by atoms with Crippen LogP contribution in [0, 0.1) is 17.8 Å². The van der Waals surface area contributed by atoms with E-state index in [4.69, 9.17) is 37.0 Å². The second-order valence-corrected chi connectivity index (χ2v) is 37.5. The van der Waals surface area contributed by atoms with E-state index in [1.165, 1.54) is 308 Å². The minimum Gasteiger partial charge on any atom is -0.462 e. The van der Waals surface area contributed by atoms with E-state index in [-0.39, 0.29) is 25.7 Å². The van der Waals surface area contributed by atoms with E-state index in [0.717, 1.165) is 108 Å². The Kier molecular flexibility index (Phi) is 81.3. The lowest BCUT2D eigenvalue weighted by molar-refractivity contribution is -0.161. The number of rotatable bonds is 91. The molecule has 0 spiro atoms. The molecule has 0 radical (unpaired) electrons. The van der Waals surface area contributed by atoms with Gasteiger partial charge in [0.1, 0.15) is 19.3 Å². The van der Waals surface area contributed by atoms with Gasteiger partial charge in [0.15, 0.2) is 12.2 Å². The molecule has 0 fully saturated rings. The van der Waals surface area contributed by atoms with Crippen molar-refractivity contribution in [1.29, 1.82) is 0 Å². The number of unbranched alkanes of at least 4 members (excludes halogenated alkanes) is 58. The van der Waals surface area contributed by atoms with Crippen LogP contribution in [0.2, 0.25) is 0 Å². The van der Waals surface area contributed by atoms with Gasteiger partial charge in [-0.05, 0) is 43.4 Å². The Balaban J connectivity index is 5.23. The van der Waals surface area contributed by atoms with Gasteiger partial charge in [-0.1, -0.05) is 447 Å². The second kappa shape index (κ2) is 82.7. The second-order valence-electron chi connectivity index (χ2n) is 34.6. The molecular weight excluding hydrogens is 1450 g/mol. The monoisotopic (exact) mass is 1630 g/mol. The molecule has 0 aliphatic carbocycles. The molecule has 3 N–H and O–H groups in total. The van der Waals surface area contributed by atoms with Gasteiger partial charge in [0.25, 0.3) is 0 Å². The Bertz CT molecular complexity index is 2150. The third kappa shape index (κ3) is 84.5. The summed E-state index contributed by atoms with van der Waals surface area (Å²) >= 11 is 0. The van der Waals surface area contributed by atoms with Crippen LogP contribution in [0.4, 0.5) is 0 Å². The summed E-state index contributed by atoms with van der Waals surface area (Å²) in [6.07, 6.45) is 76.6. The molecule has 0 saturated carbocycles. The van der Waals surface area contributed by atoms with Crippen molar-refractivity contribution in [2.75, 3.05) is 39.6 Å². The summed E-state index contributed by atoms with van der Waals surface area (Å²) in [6, 6.07) is 0. The van der Waals surface area contributed by atoms with Crippen LogP contribution in [-0.4, -0.2) is 96.7 Å². The molecule has 3 unspecified atom stereocenters. The molecule has 6 atom stereocenters. The Morgan fingerprint density at radius 3 is 0.679 bits per heavy atom. The van der Waals surface area contributed by atoms with Gasteiger partial charge in [-0.3, -0.25) is 37.3 Å². The molecule has 0 amide bonds. The summed E-state index contributed by atoms with van der Waals surface area (Å²) in [5.74, 6) is 0.297. The number of carbonyl (C=O) groups excluding carboxylic acids is 4. The molecule has 666 valence electrons. The van der Waals surface area contributed by atoms with Crippen LogP contribution >= 0.6 is 15.6 Å². The van der Waals surface area contributed by atoms with Crippen molar-refractivity contribution < 1.29 is 80.2 Å². The highest BCUT2D eigenvalue weighted by Crippen LogP contribution is 2.45. The molecule has 0 aliphatic rings. The number of phosphoric acid groups is 2. The van der Waals surface area contributed by atoms with Crippen molar-refractivity contribution in [3.8, 4) is 0 Å². The van der Waals surface area contributed by atoms with E-state index in [0.29, 0.717) is 25.7 Å². The SMILES string of the molecule is CCCCCCCCCCCCCCCCCCCCCCCCC(=O)O[C@H](COC(=O)CCCCCCCCCCCCCCCCCCCCC(C)C)COP(=O)(O)OC[C@@H](O)COP(=O)(O)OC[C@@H](COC(=O)CCCCCCCCCCC(C)C)OC(=O)CCCCCCCCCCCCCCCCC(C)CC. The van der Waals surface area contributed by atoms with Crippen molar-refractivity contribution in [2.24, 2.45) is 17.8 Å². The van der Waals surface area contributed by atoms with Gasteiger partial charge in [0, 0.05) is 25.7 Å². The van der Waals surface area contributed by atoms with E-state index < -0.39 is 97.5 Å². The fraction of sp³-hybridized carbons (Fsp3) is 0.957. The summed E-state index contributed by atoms with van der Waals surface area (Å²) in [4.78, 5) is 73.5. The number of hydrogen-bond acceptors (Lipinski definition) is 15. The molecule has 0 aromatic rings. The molecule has 0 aromatic heterocycles. The molecule has 17 nitrogen and oxygen atoms in total. The average molecular weight is 1630 g/mol. The van der Waals surface area contributed by atoms with Crippen molar-refractivity contribution in [3.05, 3.63) is 0 Å². The van der Waals surface area contributed by atoms with Crippen LogP contribution in [0.15, 0.2) is 0 Å². The zero-order valence-electron chi connectivity index (χ0n) is 74.2. The van der Waals surface area contributed by atoms with Gasteiger partial charge in [-0.2, -0.15) is 0 Å². The van der Waals surface area contributed by atoms with Crippen LogP contribution < -0.4 is 0 Å². The van der Waals surface area contributed by atoms with E-state index in [2.05, 4.69) is 48.5 Å². The minimum atomic E-state index is -4.97. The summed E-state index contributed by atoms with van der Waals surface area (Å²) in [6.45, 7) is 12.1. The first-order valence-corrected chi connectivity index (χ1v) is 50.9. The summed E-state index contributed by atoms with van der Waals surface area (Å²) in [7, 11) is -9.94. The highest BCUT2D eigenvalue weighted by Gasteiger charge is 2.31. The Morgan fingerprint density at radius 2 is 0.455 bits per heavy atom. The lowest BCUT2D eigenvalue weighted by atomic mass is 9.99. The first-order valence-electron chi connectivity index (χ1n) is 47.9. The lowest BCUT2D eigenvalue weighted by Crippen LogP contribution is -2.30. The summed E-state index contributed by atoms with van der Waals surface area (Å²) in [5.41, 5.74) is 0. The zero-order valence-corrected chi connectivity index (χ0v) is 75.9. The molecule has 112 heavy (non-hydrogen) atoms. The fourth-order valence-electron chi connectivity index (χ4n) is 14.6.